The second-order valence-electron chi connectivity index (χ2n) is 3.28. The smallest absolute Gasteiger partial charge is 0.0505 e. The molecule has 0 aliphatic carbocycles. The van der Waals surface area contributed by atoms with Crippen molar-refractivity contribution in [3.8, 4) is 0 Å². The van der Waals surface area contributed by atoms with Crippen LogP contribution in [0.2, 0.25) is 0 Å². The first-order valence-corrected chi connectivity index (χ1v) is 5.37. The van der Waals surface area contributed by atoms with Crippen molar-refractivity contribution in [2.75, 3.05) is 5.73 Å². The highest BCUT2D eigenvalue weighted by Gasteiger charge is 2.07. The predicted molar refractivity (Wildman–Crippen MR) is 60.4 cm³/mol. The zero-order chi connectivity index (χ0) is 9.42. The summed E-state index contributed by atoms with van der Waals surface area (Å²) >= 11 is 1.73. The monoisotopic (exact) mass is 191 g/mol. The van der Waals surface area contributed by atoms with E-state index in [2.05, 4.69) is 26.0 Å². The molecule has 0 unspecified atom stereocenters. The van der Waals surface area contributed by atoms with Crippen molar-refractivity contribution in [3.05, 3.63) is 28.6 Å². The Morgan fingerprint density at radius 1 is 1.38 bits per heavy atom. The van der Waals surface area contributed by atoms with Crippen molar-refractivity contribution in [2.24, 2.45) is 0 Å². The first-order chi connectivity index (χ1) is 6.24. The Bertz CT molecular complexity index is 443. The number of thiophene rings is 1. The lowest BCUT2D eigenvalue weighted by Gasteiger charge is -2.05. The van der Waals surface area contributed by atoms with Crippen LogP contribution in [0.3, 0.4) is 0 Å². The molecule has 0 saturated carbocycles. The first-order valence-electron chi connectivity index (χ1n) is 4.49. The van der Waals surface area contributed by atoms with Crippen molar-refractivity contribution < 1.29 is 0 Å². The maximum absolute atomic E-state index is 5.93. The second kappa shape index (κ2) is 3.04. The number of anilines is 1. The van der Waals surface area contributed by atoms with E-state index < -0.39 is 0 Å². The molecule has 0 saturated heterocycles. The Morgan fingerprint density at radius 3 is 2.85 bits per heavy atom. The summed E-state index contributed by atoms with van der Waals surface area (Å²) < 4.78 is 1.31. The van der Waals surface area contributed by atoms with Crippen LogP contribution in [0.15, 0.2) is 17.5 Å². The molecule has 2 N–H and O–H groups in total. The van der Waals surface area contributed by atoms with Gasteiger partial charge in [0.05, 0.1) is 5.69 Å². The molecule has 1 aromatic heterocycles. The lowest BCUT2D eigenvalue weighted by Crippen LogP contribution is -1.90. The molecule has 13 heavy (non-hydrogen) atoms. The molecule has 1 nitrogen and oxygen atoms in total. The number of hydrogen-bond donors (Lipinski definition) is 1. The Hall–Kier alpha value is -1.02. The van der Waals surface area contributed by atoms with Crippen LogP contribution < -0.4 is 5.73 Å². The van der Waals surface area contributed by atoms with E-state index in [1.807, 2.05) is 5.38 Å². The van der Waals surface area contributed by atoms with E-state index >= 15 is 0 Å². The number of aryl methyl sites for hydroxylation is 2. The highest BCUT2D eigenvalue weighted by molar-refractivity contribution is 7.17. The quantitative estimate of drug-likeness (QED) is 0.735. The molecule has 0 spiro atoms. The summed E-state index contributed by atoms with van der Waals surface area (Å²) in [5.74, 6) is 0. The van der Waals surface area contributed by atoms with Crippen LogP contribution in [-0.2, 0) is 6.42 Å². The van der Waals surface area contributed by atoms with Gasteiger partial charge in [0.1, 0.15) is 0 Å². The summed E-state index contributed by atoms with van der Waals surface area (Å²) in [6.45, 7) is 4.33. The molecule has 0 aliphatic heterocycles. The standard InChI is InChI=1S/C11H13NS/c1-3-8-7(2)4-5-10-11(8)9(12)6-13-10/h4-6H,3,12H2,1-2H3. The Labute approximate surface area is 82.2 Å². The summed E-state index contributed by atoms with van der Waals surface area (Å²) in [4.78, 5) is 0. The van der Waals surface area contributed by atoms with Gasteiger partial charge in [-0.25, -0.2) is 0 Å². The van der Waals surface area contributed by atoms with Crippen LogP contribution in [0.5, 0.6) is 0 Å². The maximum Gasteiger partial charge on any atom is 0.0505 e. The average molecular weight is 191 g/mol. The summed E-state index contributed by atoms with van der Waals surface area (Å²) in [7, 11) is 0. The Morgan fingerprint density at radius 2 is 2.15 bits per heavy atom. The Balaban J connectivity index is 2.88. The molecule has 0 atom stereocenters. The van der Waals surface area contributed by atoms with Crippen molar-refractivity contribution in [2.45, 2.75) is 20.3 Å². The van der Waals surface area contributed by atoms with E-state index in [4.69, 9.17) is 5.73 Å². The number of hydrogen-bond acceptors (Lipinski definition) is 2. The molecule has 0 bridgehead atoms. The van der Waals surface area contributed by atoms with Gasteiger partial charge in [-0.2, -0.15) is 0 Å². The number of fused-ring (bicyclic) bond motifs is 1. The first kappa shape index (κ1) is 8.57. The molecule has 0 fully saturated rings. The van der Waals surface area contributed by atoms with Crippen LogP contribution >= 0.6 is 11.3 Å². The molecule has 0 amide bonds. The summed E-state index contributed by atoms with van der Waals surface area (Å²) in [6, 6.07) is 4.34. The molecule has 2 aromatic rings. The fourth-order valence-electron chi connectivity index (χ4n) is 1.79. The largest absolute Gasteiger partial charge is 0.398 e. The topological polar surface area (TPSA) is 26.0 Å². The summed E-state index contributed by atoms with van der Waals surface area (Å²) in [6.07, 6.45) is 1.06. The molecular formula is C11H13NS. The van der Waals surface area contributed by atoms with Gasteiger partial charge in [0.2, 0.25) is 0 Å². The third-order valence-electron chi connectivity index (χ3n) is 2.46. The molecule has 68 valence electrons. The van der Waals surface area contributed by atoms with Gasteiger partial charge in [-0.1, -0.05) is 13.0 Å². The highest BCUT2D eigenvalue weighted by Crippen LogP contribution is 2.32. The van der Waals surface area contributed by atoms with Gasteiger partial charge in [0.25, 0.3) is 0 Å². The SMILES string of the molecule is CCc1c(C)ccc2scc(N)c12. The maximum atomic E-state index is 5.93. The van der Waals surface area contributed by atoms with Gasteiger partial charge in [0.15, 0.2) is 0 Å². The lowest BCUT2D eigenvalue weighted by molar-refractivity contribution is 1.13. The fraction of sp³-hybridized carbons (Fsp3) is 0.273. The van der Waals surface area contributed by atoms with Gasteiger partial charge in [0, 0.05) is 15.5 Å². The van der Waals surface area contributed by atoms with Crippen LogP contribution in [0.4, 0.5) is 5.69 Å². The van der Waals surface area contributed by atoms with Gasteiger partial charge < -0.3 is 5.73 Å². The highest BCUT2D eigenvalue weighted by atomic mass is 32.1. The predicted octanol–water partition coefficient (Wildman–Crippen LogP) is 3.35. The molecule has 0 aliphatic rings. The van der Waals surface area contributed by atoms with E-state index in [1.165, 1.54) is 21.2 Å². The van der Waals surface area contributed by atoms with Crippen molar-refractivity contribution >= 4 is 27.1 Å². The molecule has 2 heteroatoms. The van der Waals surface area contributed by atoms with E-state index in [9.17, 15) is 0 Å². The van der Waals surface area contributed by atoms with Crippen LogP contribution in [-0.4, -0.2) is 0 Å². The zero-order valence-electron chi connectivity index (χ0n) is 7.92. The van der Waals surface area contributed by atoms with E-state index in [0.29, 0.717) is 0 Å². The van der Waals surface area contributed by atoms with Crippen molar-refractivity contribution in [1.29, 1.82) is 0 Å². The third-order valence-corrected chi connectivity index (χ3v) is 3.43. The lowest BCUT2D eigenvalue weighted by atomic mass is 10.0. The third kappa shape index (κ3) is 1.22. The minimum Gasteiger partial charge on any atom is -0.398 e. The van der Waals surface area contributed by atoms with Crippen LogP contribution in [0.25, 0.3) is 10.1 Å². The minimum absolute atomic E-state index is 0.931. The molecule has 1 heterocycles. The Kier molecular flexibility index (Phi) is 2.00. The van der Waals surface area contributed by atoms with Crippen LogP contribution in [0, 0.1) is 6.92 Å². The number of benzene rings is 1. The van der Waals surface area contributed by atoms with E-state index in [-0.39, 0.29) is 0 Å². The molecule has 0 radical (unpaired) electrons. The van der Waals surface area contributed by atoms with Crippen molar-refractivity contribution in [3.63, 3.8) is 0 Å². The molecule has 1 aromatic carbocycles. The van der Waals surface area contributed by atoms with Gasteiger partial charge in [-0.05, 0) is 30.5 Å². The zero-order valence-corrected chi connectivity index (χ0v) is 8.74. The molecule has 2 rings (SSSR count). The fourth-order valence-corrected chi connectivity index (χ4v) is 2.66. The second-order valence-corrected chi connectivity index (χ2v) is 4.19. The number of rotatable bonds is 1. The van der Waals surface area contributed by atoms with Gasteiger partial charge in [-0.3, -0.25) is 0 Å². The van der Waals surface area contributed by atoms with Gasteiger partial charge >= 0.3 is 0 Å². The average Bonchev–Trinajstić information content (AvgIpc) is 2.49. The number of nitrogens with two attached hydrogens (primary N) is 1. The van der Waals surface area contributed by atoms with E-state index in [1.54, 1.807) is 11.3 Å². The van der Waals surface area contributed by atoms with Crippen molar-refractivity contribution in [1.82, 2.24) is 0 Å². The number of nitrogen functional groups attached to an aromatic ring is 1. The molecular weight excluding hydrogens is 178 g/mol. The minimum atomic E-state index is 0.931. The summed E-state index contributed by atoms with van der Waals surface area (Å²) in [5, 5.41) is 3.30. The van der Waals surface area contributed by atoms with E-state index in [0.717, 1.165) is 12.1 Å². The van der Waals surface area contributed by atoms with Crippen LogP contribution in [0.1, 0.15) is 18.1 Å². The van der Waals surface area contributed by atoms with Gasteiger partial charge in [-0.15, -0.1) is 11.3 Å². The normalized spacial score (nSPS) is 10.9. The summed E-state index contributed by atoms with van der Waals surface area (Å²) in [5.41, 5.74) is 9.61.